The zero-order valence-corrected chi connectivity index (χ0v) is 8.75. The van der Waals surface area contributed by atoms with Gasteiger partial charge in [0.05, 0.1) is 6.10 Å². The van der Waals surface area contributed by atoms with Crippen LogP contribution in [0.4, 0.5) is 0 Å². The van der Waals surface area contributed by atoms with Gasteiger partial charge < -0.3 is 5.11 Å². The van der Waals surface area contributed by atoms with Crippen LogP contribution in [0.5, 0.6) is 0 Å². The van der Waals surface area contributed by atoms with Crippen molar-refractivity contribution in [2.45, 2.75) is 32.8 Å². The van der Waals surface area contributed by atoms with Crippen LogP contribution in [0.2, 0.25) is 0 Å². The topological polar surface area (TPSA) is 20.2 Å². The van der Waals surface area contributed by atoms with Crippen LogP contribution in [0, 0.1) is 11.8 Å². The van der Waals surface area contributed by atoms with Crippen LogP contribution >= 0.6 is 0 Å². The van der Waals surface area contributed by atoms with E-state index in [1.165, 1.54) is 5.56 Å². The minimum Gasteiger partial charge on any atom is -0.387 e. The first kappa shape index (κ1) is 10.8. The van der Waals surface area contributed by atoms with Crippen LogP contribution in [0.3, 0.4) is 0 Å². The summed E-state index contributed by atoms with van der Waals surface area (Å²) in [6.07, 6.45) is 1.10. The molecule has 0 bridgehead atoms. The molecule has 0 saturated heterocycles. The average Bonchev–Trinajstić information content (AvgIpc) is 2.26. The van der Waals surface area contributed by atoms with Crippen LogP contribution in [0.15, 0.2) is 24.3 Å². The third-order valence-corrected chi connectivity index (χ3v) is 2.24. The summed E-state index contributed by atoms with van der Waals surface area (Å²) in [6.45, 7) is 3.90. The second kappa shape index (κ2) is 5.47. The fraction of sp³-hybridized carbons (Fsp3) is 0.385. The van der Waals surface area contributed by atoms with E-state index in [0.29, 0.717) is 6.42 Å². The monoisotopic (exact) mass is 188 g/mol. The van der Waals surface area contributed by atoms with E-state index in [1.54, 1.807) is 6.92 Å². The Morgan fingerprint density at radius 1 is 1.29 bits per heavy atom. The Labute approximate surface area is 85.8 Å². The predicted octanol–water partition coefficient (Wildman–Crippen LogP) is 2.70. The third-order valence-electron chi connectivity index (χ3n) is 2.24. The smallest absolute Gasteiger partial charge is 0.0899 e. The molecule has 1 rings (SSSR count). The summed E-state index contributed by atoms with van der Waals surface area (Å²) in [5.41, 5.74) is 2.24. The summed E-state index contributed by atoms with van der Waals surface area (Å²) in [7, 11) is 0. The van der Waals surface area contributed by atoms with E-state index in [1.807, 2.05) is 12.1 Å². The fourth-order valence-corrected chi connectivity index (χ4v) is 1.29. The number of aliphatic hydroxyl groups is 1. The van der Waals surface area contributed by atoms with Gasteiger partial charge in [-0.2, -0.15) is 0 Å². The zero-order valence-electron chi connectivity index (χ0n) is 8.75. The lowest BCUT2D eigenvalue weighted by Gasteiger charge is -2.07. The van der Waals surface area contributed by atoms with Crippen LogP contribution in [0.1, 0.15) is 37.5 Å². The Balaban J connectivity index is 2.69. The minimum atomic E-state index is -0.451. The largest absolute Gasteiger partial charge is 0.387 e. The van der Waals surface area contributed by atoms with Gasteiger partial charge in [-0.05, 0) is 24.5 Å². The van der Waals surface area contributed by atoms with Crippen molar-refractivity contribution in [1.29, 1.82) is 0 Å². The van der Waals surface area contributed by atoms with Gasteiger partial charge in [-0.3, -0.25) is 0 Å². The normalized spacial score (nSPS) is 11.6. The van der Waals surface area contributed by atoms with Crippen LogP contribution in [0.25, 0.3) is 0 Å². The van der Waals surface area contributed by atoms with Crippen molar-refractivity contribution in [3.63, 3.8) is 0 Å². The molecule has 0 aromatic heterocycles. The summed E-state index contributed by atoms with van der Waals surface area (Å²) in [4.78, 5) is 0. The Morgan fingerprint density at radius 3 is 2.43 bits per heavy atom. The van der Waals surface area contributed by atoms with Crippen molar-refractivity contribution >= 4 is 0 Å². The Kier molecular flexibility index (Phi) is 4.22. The van der Waals surface area contributed by atoms with Gasteiger partial charge >= 0.3 is 0 Å². The molecule has 0 aliphatic carbocycles. The molecule has 1 nitrogen and oxygen atoms in total. The number of rotatable bonds is 3. The molecule has 1 aromatic rings. The summed E-state index contributed by atoms with van der Waals surface area (Å²) in [5, 5.41) is 9.71. The van der Waals surface area contributed by atoms with E-state index in [0.717, 1.165) is 12.0 Å². The summed E-state index contributed by atoms with van der Waals surface area (Å²) in [6, 6.07) is 8.05. The van der Waals surface area contributed by atoms with E-state index in [4.69, 9.17) is 0 Å². The van der Waals surface area contributed by atoms with Crippen molar-refractivity contribution in [2.24, 2.45) is 0 Å². The predicted molar refractivity (Wildman–Crippen MR) is 58.8 cm³/mol. The van der Waals surface area contributed by atoms with Crippen molar-refractivity contribution in [2.75, 3.05) is 0 Å². The number of benzene rings is 1. The standard InChI is InChI=1S/C13H16O/c1-3-5-6-13(14)12-9-7-11(4-2)8-10-12/h7-10,13-14H,4,6H2,1-2H3. The molecule has 0 aliphatic rings. The van der Waals surface area contributed by atoms with E-state index >= 15 is 0 Å². The molecule has 0 aliphatic heterocycles. The molecule has 1 heteroatoms. The molecule has 74 valence electrons. The van der Waals surface area contributed by atoms with Crippen molar-refractivity contribution in [3.05, 3.63) is 35.4 Å². The first-order valence-electron chi connectivity index (χ1n) is 4.94. The molecular formula is C13H16O. The van der Waals surface area contributed by atoms with Gasteiger partial charge in [0, 0.05) is 6.42 Å². The molecule has 1 N–H and O–H groups in total. The molecule has 1 unspecified atom stereocenters. The van der Waals surface area contributed by atoms with Crippen LogP contribution < -0.4 is 0 Å². The summed E-state index contributed by atoms with van der Waals surface area (Å²) in [5.74, 6) is 5.66. The summed E-state index contributed by atoms with van der Waals surface area (Å²) >= 11 is 0. The quantitative estimate of drug-likeness (QED) is 0.723. The van der Waals surface area contributed by atoms with E-state index in [-0.39, 0.29) is 0 Å². The summed E-state index contributed by atoms with van der Waals surface area (Å²) < 4.78 is 0. The zero-order chi connectivity index (χ0) is 10.4. The Bertz CT molecular complexity index is 326. The maximum atomic E-state index is 9.71. The number of hydrogen-bond donors (Lipinski definition) is 1. The number of aryl methyl sites for hydroxylation is 1. The van der Waals surface area contributed by atoms with Crippen LogP contribution in [-0.4, -0.2) is 5.11 Å². The second-order valence-corrected chi connectivity index (χ2v) is 3.24. The van der Waals surface area contributed by atoms with Crippen molar-refractivity contribution in [3.8, 4) is 11.8 Å². The molecule has 1 aromatic carbocycles. The van der Waals surface area contributed by atoms with Gasteiger partial charge in [0.2, 0.25) is 0 Å². The highest BCUT2D eigenvalue weighted by Gasteiger charge is 2.04. The fourth-order valence-electron chi connectivity index (χ4n) is 1.29. The maximum absolute atomic E-state index is 9.71. The van der Waals surface area contributed by atoms with Gasteiger partial charge in [0.25, 0.3) is 0 Å². The number of hydrogen-bond acceptors (Lipinski definition) is 1. The highest BCUT2D eigenvalue weighted by Crippen LogP contribution is 2.16. The van der Waals surface area contributed by atoms with E-state index in [9.17, 15) is 5.11 Å². The number of aliphatic hydroxyl groups excluding tert-OH is 1. The Hall–Kier alpha value is -1.26. The maximum Gasteiger partial charge on any atom is 0.0899 e. The average molecular weight is 188 g/mol. The highest BCUT2D eigenvalue weighted by atomic mass is 16.3. The van der Waals surface area contributed by atoms with Gasteiger partial charge in [-0.25, -0.2) is 0 Å². The molecule has 0 radical (unpaired) electrons. The SMILES string of the molecule is CC#CCC(O)c1ccc(CC)cc1. The first-order valence-corrected chi connectivity index (χ1v) is 4.94. The van der Waals surface area contributed by atoms with Crippen molar-refractivity contribution in [1.82, 2.24) is 0 Å². The molecule has 0 heterocycles. The molecular weight excluding hydrogens is 172 g/mol. The van der Waals surface area contributed by atoms with E-state index < -0.39 is 6.10 Å². The first-order chi connectivity index (χ1) is 6.77. The van der Waals surface area contributed by atoms with Crippen LogP contribution in [-0.2, 0) is 6.42 Å². The van der Waals surface area contributed by atoms with Crippen molar-refractivity contribution < 1.29 is 5.11 Å². The van der Waals surface area contributed by atoms with Gasteiger partial charge in [-0.15, -0.1) is 11.8 Å². The molecule has 14 heavy (non-hydrogen) atoms. The molecule has 1 atom stereocenters. The van der Waals surface area contributed by atoms with Gasteiger partial charge in [-0.1, -0.05) is 31.2 Å². The third kappa shape index (κ3) is 2.90. The van der Waals surface area contributed by atoms with Gasteiger partial charge in [0.15, 0.2) is 0 Å². The molecule has 0 fully saturated rings. The van der Waals surface area contributed by atoms with E-state index in [2.05, 4.69) is 30.9 Å². The lowest BCUT2D eigenvalue weighted by molar-refractivity contribution is 0.184. The minimum absolute atomic E-state index is 0.451. The Morgan fingerprint density at radius 2 is 1.93 bits per heavy atom. The molecule has 0 amide bonds. The molecule has 0 spiro atoms. The molecule has 0 saturated carbocycles. The lowest BCUT2D eigenvalue weighted by Crippen LogP contribution is -1.95. The van der Waals surface area contributed by atoms with Gasteiger partial charge in [0.1, 0.15) is 0 Å². The highest BCUT2D eigenvalue weighted by molar-refractivity contribution is 5.24. The lowest BCUT2D eigenvalue weighted by atomic mass is 10.0. The second-order valence-electron chi connectivity index (χ2n) is 3.24.